The van der Waals surface area contributed by atoms with Gasteiger partial charge in [0.05, 0.1) is 30.6 Å². The Bertz CT molecular complexity index is 2300. The molecule has 1 aliphatic carbocycles. The van der Waals surface area contributed by atoms with E-state index < -0.39 is 40.8 Å². The molecule has 3 fully saturated rings. The predicted molar refractivity (Wildman–Crippen MR) is 239 cm³/mol. The minimum absolute atomic E-state index is 0.0415. The summed E-state index contributed by atoms with van der Waals surface area (Å²) in [6, 6.07) is 12.4. The van der Waals surface area contributed by atoms with Gasteiger partial charge in [0.2, 0.25) is 17.7 Å². The lowest BCUT2D eigenvalue weighted by molar-refractivity contribution is -0.138. The summed E-state index contributed by atoms with van der Waals surface area (Å²) in [4.78, 5) is 60.0. The summed E-state index contributed by atoms with van der Waals surface area (Å²) in [6.45, 7) is 11.0. The summed E-state index contributed by atoms with van der Waals surface area (Å²) in [7, 11) is 0. The molecule has 336 valence electrons. The quantitative estimate of drug-likeness (QED) is 0.0882. The van der Waals surface area contributed by atoms with E-state index in [0.717, 1.165) is 48.4 Å². The molecule has 3 heterocycles. The van der Waals surface area contributed by atoms with Crippen LogP contribution < -0.4 is 30.5 Å². The maximum Gasteiger partial charge on any atom is 0.419 e. The highest BCUT2D eigenvalue weighted by Crippen LogP contribution is 2.49. The summed E-state index contributed by atoms with van der Waals surface area (Å²) in [5, 5.41) is 18.1. The van der Waals surface area contributed by atoms with Gasteiger partial charge in [-0.1, -0.05) is 32.4 Å². The summed E-state index contributed by atoms with van der Waals surface area (Å²) in [5.41, 5.74) is -0.662. The van der Waals surface area contributed by atoms with E-state index in [-0.39, 0.29) is 53.6 Å². The first kappa shape index (κ1) is 47.2. The zero-order valence-corrected chi connectivity index (χ0v) is 37.5. The van der Waals surface area contributed by atoms with Gasteiger partial charge in [0.25, 0.3) is 5.91 Å². The van der Waals surface area contributed by atoms with E-state index in [2.05, 4.69) is 53.5 Å². The number of amides is 4. The highest BCUT2D eigenvalue weighted by molar-refractivity contribution is 7.81. The van der Waals surface area contributed by atoms with Crippen LogP contribution in [0.15, 0.2) is 48.7 Å². The van der Waals surface area contributed by atoms with Crippen LogP contribution in [0.3, 0.4) is 0 Å². The minimum atomic E-state index is -4.85. The number of ether oxygens (including phenoxy) is 1. The lowest BCUT2D eigenvalue weighted by atomic mass is 9.75. The normalized spacial score (nSPS) is 18.8. The van der Waals surface area contributed by atoms with Crippen molar-refractivity contribution in [3.05, 3.63) is 70.5 Å². The summed E-state index contributed by atoms with van der Waals surface area (Å²) < 4.78 is 47.9. The van der Waals surface area contributed by atoms with Gasteiger partial charge in [0.1, 0.15) is 23.4 Å². The number of carbonyl (C=O) groups excluding carboxylic acids is 4. The van der Waals surface area contributed by atoms with Gasteiger partial charge in [-0.25, -0.2) is 4.98 Å². The number of anilines is 4. The third-order valence-corrected chi connectivity index (χ3v) is 12.8. The van der Waals surface area contributed by atoms with E-state index in [4.69, 9.17) is 28.6 Å². The average Bonchev–Trinajstić information content (AvgIpc) is 3.46. The van der Waals surface area contributed by atoms with Gasteiger partial charge in [-0.15, -0.1) is 0 Å². The number of alkyl halides is 3. The van der Waals surface area contributed by atoms with Crippen molar-refractivity contribution in [3.63, 3.8) is 0 Å². The number of rotatable bonds is 17. The van der Waals surface area contributed by atoms with Crippen LogP contribution in [-0.4, -0.2) is 75.4 Å². The Morgan fingerprint density at radius 2 is 1.83 bits per heavy atom. The SMILES string of the molecule is CCc1cc(N2C(=S)N(c3cnc(C#N)c(C(F)(F)F)c3)C(=O)C23CCC3)ccc1OCCC(C)C[C@@H](C)N(CC(=O)Nc1cc(Cl)cc(NC2CCC(=O)NC2=O)c1)[C@H](C)CC. The molecule has 4 atom stereocenters. The number of halogens is 4. The monoisotopic (exact) mass is 908 g/mol. The molecule has 13 nitrogen and oxygen atoms in total. The van der Waals surface area contributed by atoms with E-state index in [9.17, 15) is 37.6 Å². The lowest BCUT2D eigenvalue weighted by Crippen LogP contribution is -2.55. The van der Waals surface area contributed by atoms with E-state index in [1.165, 1.54) is 6.07 Å². The number of thiocarbonyl (C=S) groups is 1. The van der Waals surface area contributed by atoms with Crippen molar-refractivity contribution in [2.24, 2.45) is 5.92 Å². The van der Waals surface area contributed by atoms with Crippen molar-refractivity contribution in [3.8, 4) is 11.8 Å². The first-order chi connectivity index (χ1) is 29.9. The number of nitriles is 1. The third kappa shape index (κ3) is 10.4. The second-order valence-electron chi connectivity index (χ2n) is 16.7. The van der Waals surface area contributed by atoms with Gasteiger partial charge < -0.3 is 20.3 Å². The van der Waals surface area contributed by atoms with Gasteiger partial charge >= 0.3 is 6.18 Å². The zero-order valence-electron chi connectivity index (χ0n) is 35.9. The topological polar surface area (TPSA) is 160 Å². The van der Waals surface area contributed by atoms with Crippen molar-refractivity contribution in [2.75, 3.05) is 33.6 Å². The maximum absolute atomic E-state index is 14.0. The number of piperidine rings is 1. The van der Waals surface area contributed by atoms with Crippen LogP contribution in [0, 0.1) is 17.2 Å². The number of aryl methyl sites for hydroxylation is 1. The lowest BCUT2D eigenvalue weighted by Gasteiger charge is -2.43. The van der Waals surface area contributed by atoms with Crippen LogP contribution in [-0.2, 0) is 31.8 Å². The number of pyridine rings is 1. The first-order valence-electron chi connectivity index (χ1n) is 21.3. The molecule has 1 aromatic heterocycles. The summed E-state index contributed by atoms with van der Waals surface area (Å²) >= 11 is 12.2. The molecule has 6 rings (SSSR count). The van der Waals surface area contributed by atoms with Crippen molar-refractivity contribution in [1.29, 1.82) is 5.26 Å². The Labute approximate surface area is 375 Å². The van der Waals surface area contributed by atoms with Gasteiger partial charge in [-0.05, 0) is 131 Å². The molecule has 18 heteroatoms. The van der Waals surface area contributed by atoms with Gasteiger partial charge in [-0.3, -0.25) is 34.3 Å². The number of aromatic nitrogens is 1. The van der Waals surface area contributed by atoms with Crippen LogP contribution in [0.4, 0.5) is 35.9 Å². The minimum Gasteiger partial charge on any atom is -0.493 e. The standard InChI is InChI=1S/C45H52ClF3N8O5S/c1-6-27(4)55(25-40(59)53-32-20-30(46)19-31(21-32)52-36-10-12-39(58)54-41(36)60)28(5)17-26(3)13-16-62-38-11-9-33(18-29(38)7-2)57-43(63)56(42(61)44(57)14-8-15-44)34-22-35(45(47,48)49)37(23-50)51-24-34/h9,11,18-22,24,26-28,36,52H,6-8,10,12-17,25H2,1-5H3,(H,53,59)(H,54,58,60)/t26?,27-,28-,36?/m1/s1. The molecule has 1 spiro atoms. The number of carbonyl (C=O) groups is 4. The van der Waals surface area contributed by atoms with E-state index >= 15 is 0 Å². The molecule has 0 bridgehead atoms. The molecule has 4 amide bonds. The van der Waals surface area contributed by atoms with Gasteiger partial charge in [0, 0.05) is 40.6 Å². The van der Waals surface area contributed by atoms with Crippen LogP contribution >= 0.6 is 23.8 Å². The first-order valence-corrected chi connectivity index (χ1v) is 22.1. The Morgan fingerprint density at radius 3 is 2.46 bits per heavy atom. The number of hydrogen-bond donors (Lipinski definition) is 3. The Kier molecular flexibility index (Phi) is 14.7. The molecule has 2 saturated heterocycles. The second-order valence-corrected chi connectivity index (χ2v) is 17.5. The number of imide groups is 1. The Balaban J connectivity index is 1.06. The largest absolute Gasteiger partial charge is 0.493 e. The molecule has 2 aromatic carbocycles. The highest BCUT2D eigenvalue weighted by atomic mass is 35.5. The molecule has 3 aromatic rings. The molecule has 3 N–H and O–H groups in total. The number of nitrogens with one attached hydrogen (secondary N) is 3. The average molecular weight is 909 g/mol. The summed E-state index contributed by atoms with van der Waals surface area (Å²) in [6.07, 6.45) is 1.48. The highest BCUT2D eigenvalue weighted by Gasteiger charge is 2.60. The van der Waals surface area contributed by atoms with Crippen molar-refractivity contribution < 1.29 is 37.1 Å². The molecule has 2 unspecified atom stereocenters. The fourth-order valence-corrected chi connectivity index (χ4v) is 9.25. The van der Waals surface area contributed by atoms with Crippen molar-refractivity contribution in [1.82, 2.24) is 15.2 Å². The zero-order chi connectivity index (χ0) is 45.8. The molecule has 0 radical (unpaired) electrons. The van der Waals surface area contributed by atoms with Gasteiger partial charge in [-0.2, -0.15) is 18.4 Å². The summed E-state index contributed by atoms with van der Waals surface area (Å²) in [5.74, 6) is -0.439. The predicted octanol–water partition coefficient (Wildman–Crippen LogP) is 8.39. The van der Waals surface area contributed by atoms with Crippen molar-refractivity contribution in [2.45, 2.75) is 122 Å². The van der Waals surface area contributed by atoms with Gasteiger partial charge in [0.15, 0.2) is 10.8 Å². The molecule has 63 heavy (non-hydrogen) atoms. The smallest absolute Gasteiger partial charge is 0.419 e. The number of hydrogen-bond acceptors (Lipinski definition) is 10. The maximum atomic E-state index is 14.0. The molecule has 2 aliphatic heterocycles. The third-order valence-electron chi connectivity index (χ3n) is 12.2. The number of benzene rings is 2. The van der Waals surface area contributed by atoms with E-state index in [1.807, 2.05) is 25.1 Å². The molecule has 3 aliphatic rings. The molecular weight excluding hydrogens is 857 g/mol. The van der Waals surface area contributed by atoms with E-state index in [1.54, 1.807) is 23.1 Å². The number of nitrogens with zero attached hydrogens (tertiary/aromatic N) is 5. The van der Waals surface area contributed by atoms with E-state index in [0.29, 0.717) is 60.1 Å². The van der Waals surface area contributed by atoms with Crippen LogP contribution in [0.2, 0.25) is 5.02 Å². The van der Waals surface area contributed by atoms with Crippen LogP contribution in [0.1, 0.15) is 103 Å². The van der Waals surface area contributed by atoms with Crippen LogP contribution in [0.25, 0.3) is 0 Å². The second kappa shape index (κ2) is 19.6. The molecule has 1 saturated carbocycles. The van der Waals surface area contributed by atoms with Crippen molar-refractivity contribution >= 4 is 75.3 Å². The fourth-order valence-electron chi connectivity index (χ4n) is 8.54. The molecular formula is C45H52ClF3N8O5S. The Hall–Kier alpha value is -5.31. The Morgan fingerprint density at radius 1 is 1.10 bits per heavy atom. The fraction of sp³-hybridized carbons (Fsp3) is 0.489. The van der Waals surface area contributed by atoms with Crippen LogP contribution in [0.5, 0.6) is 5.75 Å².